The summed E-state index contributed by atoms with van der Waals surface area (Å²) in [6, 6.07) is 18.1. The number of ketones is 1. The lowest BCUT2D eigenvalue weighted by molar-refractivity contribution is -0.118. The second-order valence-electron chi connectivity index (χ2n) is 6.32. The minimum atomic E-state index is -0.0447. The Morgan fingerprint density at radius 2 is 1.83 bits per heavy atom. The first-order valence-electron chi connectivity index (χ1n) is 8.36. The zero-order chi connectivity index (χ0) is 16.9. The summed E-state index contributed by atoms with van der Waals surface area (Å²) in [6.45, 7) is 4.33. The summed E-state index contributed by atoms with van der Waals surface area (Å²) in [5.74, 6) is 0.186. The molecular weight excluding hydrogens is 318 g/mol. The highest BCUT2D eigenvalue weighted by atomic mass is 35.5. The Labute approximate surface area is 148 Å². The molecule has 0 aliphatic carbocycles. The molecule has 2 nitrogen and oxygen atoms in total. The Balaban J connectivity index is 1.67. The fraction of sp³-hybridized carbons (Fsp3) is 0.286. The highest BCUT2D eigenvalue weighted by Gasteiger charge is 2.22. The molecule has 0 saturated heterocycles. The summed E-state index contributed by atoms with van der Waals surface area (Å²) in [4.78, 5) is 14.4. The van der Waals surface area contributed by atoms with Crippen molar-refractivity contribution in [3.63, 3.8) is 0 Å². The van der Waals surface area contributed by atoms with E-state index in [0.29, 0.717) is 0 Å². The lowest BCUT2D eigenvalue weighted by Crippen LogP contribution is -2.34. The average Bonchev–Trinajstić information content (AvgIpc) is 2.61. The van der Waals surface area contributed by atoms with Crippen LogP contribution < -0.4 is 0 Å². The minimum Gasteiger partial charge on any atom is -0.299 e. The van der Waals surface area contributed by atoms with Crippen LogP contribution in [0.2, 0.25) is 5.02 Å². The summed E-state index contributed by atoms with van der Waals surface area (Å²) < 4.78 is 0. The smallest absolute Gasteiger partial charge is 0.138 e. The summed E-state index contributed by atoms with van der Waals surface area (Å²) in [5.41, 5.74) is 3.71. The molecule has 0 N–H and O–H groups in total. The third-order valence-corrected chi connectivity index (χ3v) is 4.89. The first-order chi connectivity index (χ1) is 11.6. The van der Waals surface area contributed by atoms with Gasteiger partial charge in [0.25, 0.3) is 0 Å². The molecule has 0 spiro atoms. The molecular formula is C21H22ClNO. The van der Waals surface area contributed by atoms with Crippen molar-refractivity contribution in [2.45, 2.75) is 19.3 Å². The Kier molecular flexibility index (Phi) is 5.49. The van der Waals surface area contributed by atoms with Crippen molar-refractivity contribution in [3.05, 3.63) is 76.8 Å². The molecule has 1 unspecified atom stereocenters. The molecule has 3 heteroatoms. The molecule has 124 valence electrons. The fourth-order valence-corrected chi connectivity index (χ4v) is 3.34. The lowest BCUT2D eigenvalue weighted by Gasteiger charge is -2.29. The Morgan fingerprint density at radius 3 is 2.42 bits per heavy atom. The lowest BCUT2D eigenvalue weighted by atomic mass is 9.93. The fourth-order valence-electron chi connectivity index (χ4n) is 3.22. The van der Waals surface area contributed by atoms with E-state index in [2.05, 4.69) is 23.1 Å². The van der Waals surface area contributed by atoms with Crippen LogP contribution in [0.1, 0.15) is 30.4 Å². The van der Waals surface area contributed by atoms with E-state index in [1.807, 2.05) is 42.5 Å². The topological polar surface area (TPSA) is 20.3 Å². The van der Waals surface area contributed by atoms with Gasteiger partial charge in [0.15, 0.2) is 0 Å². The van der Waals surface area contributed by atoms with Crippen molar-refractivity contribution in [2.75, 3.05) is 19.6 Å². The zero-order valence-electron chi connectivity index (χ0n) is 13.9. The maximum Gasteiger partial charge on any atom is 0.138 e. The van der Waals surface area contributed by atoms with Crippen molar-refractivity contribution in [1.82, 2.24) is 4.90 Å². The van der Waals surface area contributed by atoms with E-state index in [9.17, 15) is 4.79 Å². The maximum atomic E-state index is 12.1. The summed E-state index contributed by atoms with van der Waals surface area (Å²) >= 11 is 5.96. The number of benzene rings is 2. The van der Waals surface area contributed by atoms with Gasteiger partial charge in [0.05, 0.1) is 5.92 Å². The molecule has 24 heavy (non-hydrogen) atoms. The molecule has 1 atom stereocenters. The second-order valence-corrected chi connectivity index (χ2v) is 6.76. The van der Waals surface area contributed by atoms with E-state index >= 15 is 0 Å². The van der Waals surface area contributed by atoms with E-state index in [1.165, 1.54) is 11.1 Å². The molecule has 2 aromatic carbocycles. The molecule has 0 fully saturated rings. The van der Waals surface area contributed by atoms with Gasteiger partial charge in [-0.25, -0.2) is 0 Å². The Bertz CT molecular complexity index is 721. The van der Waals surface area contributed by atoms with Crippen LogP contribution >= 0.6 is 11.6 Å². The van der Waals surface area contributed by atoms with Crippen LogP contribution in [0.25, 0.3) is 5.57 Å². The maximum absolute atomic E-state index is 12.1. The van der Waals surface area contributed by atoms with Gasteiger partial charge in [-0.2, -0.15) is 0 Å². The largest absolute Gasteiger partial charge is 0.299 e. The van der Waals surface area contributed by atoms with E-state index in [0.717, 1.165) is 36.6 Å². The van der Waals surface area contributed by atoms with Gasteiger partial charge in [0, 0.05) is 24.7 Å². The molecule has 0 radical (unpaired) electrons. The van der Waals surface area contributed by atoms with Crippen molar-refractivity contribution in [1.29, 1.82) is 0 Å². The van der Waals surface area contributed by atoms with E-state index in [-0.39, 0.29) is 11.7 Å². The number of hydrogen-bond donors (Lipinski definition) is 0. The average molecular weight is 340 g/mol. The summed E-state index contributed by atoms with van der Waals surface area (Å²) in [5, 5.41) is 0.768. The molecule has 0 bridgehead atoms. The number of Topliss-reactive ketones (excluding diaryl/α,β-unsaturated/α-hetero) is 1. The van der Waals surface area contributed by atoms with Crippen LogP contribution in [0, 0.1) is 0 Å². The minimum absolute atomic E-state index is 0.0447. The second kappa shape index (κ2) is 7.78. The van der Waals surface area contributed by atoms with Crippen molar-refractivity contribution in [3.8, 4) is 0 Å². The number of halogens is 1. The first kappa shape index (κ1) is 16.9. The first-order valence-corrected chi connectivity index (χ1v) is 8.74. The van der Waals surface area contributed by atoms with Gasteiger partial charge < -0.3 is 0 Å². The van der Waals surface area contributed by atoms with E-state index in [1.54, 1.807) is 6.92 Å². The predicted molar refractivity (Wildman–Crippen MR) is 100 cm³/mol. The van der Waals surface area contributed by atoms with Gasteiger partial charge in [-0.05, 0) is 42.2 Å². The molecule has 1 aliphatic heterocycles. The highest BCUT2D eigenvalue weighted by Crippen LogP contribution is 2.26. The van der Waals surface area contributed by atoms with Crippen molar-refractivity contribution >= 4 is 23.0 Å². The SMILES string of the molecule is CC(=O)C(CN1CC=C(c2ccc(Cl)cc2)CC1)c1ccccc1. The van der Waals surface area contributed by atoms with Gasteiger partial charge in [0.2, 0.25) is 0 Å². The molecule has 0 saturated carbocycles. The third-order valence-electron chi connectivity index (χ3n) is 4.64. The van der Waals surface area contributed by atoms with Gasteiger partial charge in [-0.15, -0.1) is 0 Å². The number of rotatable bonds is 5. The van der Waals surface area contributed by atoms with E-state index < -0.39 is 0 Å². The van der Waals surface area contributed by atoms with Gasteiger partial charge >= 0.3 is 0 Å². The number of hydrogen-bond acceptors (Lipinski definition) is 2. The molecule has 2 aromatic rings. The summed E-state index contributed by atoms with van der Waals surface area (Å²) in [6.07, 6.45) is 3.27. The number of nitrogens with zero attached hydrogens (tertiary/aromatic N) is 1. The highest BCUT2D eigenvalue weighted by molar-refractivity contribution is 6.30. The van der Waals surface area contributed by atoms with Crippen LogP contribution in [0.15, 0.2) is 60.7 Å². The third kappa shape index (κ3) is 4.14. The Hall–Kier alpha value is -1.90. The van der Waals surface area contributed by atoms with E-state index in [4.69, 9.17) is 11.6 Å². The number of carbonyl (C=O) groups excluding carboxylic acids is 1. The molecule has 0 amide bonds. The predicted octanol–water partition coefficient (Wildman–Crippen LogP) is 4.80. The molecule has 1 heterocycles. The summed E-state index contributed by atoms with van der Waals surface area (Å²) in [7, 11) is 0. The standard InChI is InChI=1S/C21H22ClNO/c1-16(24)21(19-5-3-2-4-6-19)15-23-13-11-18(12-14-23)17-7-9-20(22)10-8-17/h2-11,21H,12-15H2,1H3. The quantitative estimate of drug-likeness (QED) is 0.779. The Morgan fingerprint density at radius 1 is 1.12 bits per heavy atom. The zero-order valence-corrected chi connectivity index (χ0v) is 14.7. The molecule has 1 aliphatic rings. The van der Waals surface area contributed by atoms with Crippen LogP contribution in [0.4, 0.5) is 0 Å². The van der Waals surface area contributed by atoms with Crippen molar-refractivity contribution in [2.24, 2.45) is 0 Å². The van der Waals surface area contributed by atoms with Gasteiger partial charge in [0.1, 0.15) is 5.78 Å². The van der Waals surface area contributed by atoms with Crippen LogP contribution in [-0.4, -0.2) is 30.3 Å². The van der Waals surface area contributed by atoms with Crippen LogP contribution in [-0.2, 0) is 4.79 Å². The van der Waals surface area contributed by atoms with Gasteiger partial charge in [-0.3, -0.25) is 9.69 Å². The van der Waals surface area contributed by atoms with Crippen LogP contribution in [0.5, 0.6) is 0 Å². The number of carbonyl (C=O) groups is 1. The monoisotopic (exact) mass is 339 g/mol. The van der Waals surface area contributed by atoms with Gasteiger partial charge in [-0.1, -0.05) is 60.1 Å². The normalized spacial score (nSPS) is 16.5. The van der Waals surface area contributed by atoms with Crippen LogP contribution in [0.3, 0.4) is 0 Å². The molecule has 3 rings (SSSR count). The van der Waals surface area contributed by atoms with Crippen molar-refractivity contribution < 1.29 is 4.79 Å². The molecule has 0 aromatic heterocycles.